The predicted octanol–water partition coefficient (Wildman–Crippen LogP) is 1.38. The molecule has 0 heterocycles. The molecule has 7 heteroatoms. The fourth-order valence-corrected chi connectivity index (χ4v) is 2.99. The van der Waals surface area contributed by atoms with E-state index in [0.29, 0.717) is 12.3 Å². The van der Waals surface area contributed by atoms with E-state index in [1.807, 2.05) is 0 Å². The second-order valence-corrected chi connectivity index (χ2v) is 6.60. The topological polar surface area (TPSA) is 102 Å². The molecule has 23 heavy (non-hydrogen) atoms. The first-order chi connectivity index (χ1) is 10.4. The van der Waals surface area contributed by atoms with Gasteiger partial charge < -0.3 is 20.9 Å². The second kappa shape index (κ2) is 10.8. The average molecular weight is 351 g/mol. The van der Waals surface area contributed by atoms with Gasteiger partial charge in [-0.05, 0) is 18.3 Å². The Morgan fingerprint density at radius 3 is 2.30 bits per heavy atom. The summed E-state index contributed by atoms with van der Waals surface area (Å²) >= 11 is 0. The highest BCUT2D eigenvalue weighted by Gasteiger charge is 2.31. The van der Waals surface area contributed by atoms with E-state index in [-0.39, 0.29) is 18.3 Å². The summed E-state index contributed by atoms with van der Waals surface area (Å²) < 4.78 is 4.67. The summed E-state index contributed by atoms with van der Waals surface area (Å²) in [6.45, 7) is 3.60. The van der Waals surface area contributed by atoms with Crippen molar-refractivity contribution in [1.82, 2.24) is 5.32 Å². The molecule has 2 unspecified atom stereocenters. The highest BCUT2D eigenvalue weighted by Crippen LogP contribution is 2.27. The average Bonchev–Trinajstić information content (AvgIpc) is 2.51. The van der Waals surface area contributed by atoms with Crippen molar-refractivity contribution in [2.24, 2.45) is 17.6 Å². The van der Waals surface area contributed by atoms with Gasteiger partial charge in [0.05, 0.1) is 7.11 Å². The number of carbonyl (C=O) groups excluding carboxylic acids is 2. The third kappa shape index (κ3) is 7.06. The van der Waals surface area contributed by atoms with Crippen LogP contribution in [0.4, 0.5) is 0 Å². The molecule has 0 aromatic heterocycles. The molecule has 1 fully saturated rings. The Bertz CT molecular complexity index is 373. The van der Waals surface area contributed by atoms with E-state index < -0.39 is 30.1 Å². The number of amides is 1. The van der Waals surface area contributed by atoms with Gasteiger partial charge in [0.1, 0.15) is 12.1 Å². The fraction of sp³-hybridized carbons (Fsp3) is 0.875. The van der Waals surface area contributed by atoms with Crippen LogP contribution in [0.15, 0.2) is 0 Å². The molecule has 3 atom stereocenters. The van der Waals surface area contributed by atoms with Gasteiger partial charge in [-0.3, -0.25) is 4.79 Å². The van der Waals surface area contributed by atoms with Crippen molar-refractivity contribution >= 4 is 24.3 Å². The van der Waals surface area contributed by atoms with E-state index >= 15 is 0 Å². The lowest BCUT2D eigenvalue weighted by Crippen LogP contribution is -2.53. The molecule has 0 aromatic carbocycles. The van der Waals surface area contributed by atoms with Gasteiger partial charge in [0, 0.05) is 6.04 Å². The first-order valence-corrected chi connectivity index (χ1v) is 8.18. The molecule has 1 rings (SSSR count). The Morgan fingerprint density at radius 2 is 1.83 bits per heavy atom. The lowest BCUT2D eigenvalue weighted by atomic mass is 9.84. The van der Waals surface area contributed by atoms with Crippen LogP contribution in [0.25, 0.3) is 0 Å². The van der Waals surface area contributed by atoms with Crippen LogP contribution < -0.4 is 11.1 Å². The molecule has 4 N–H and O–H groups in total. The van der Waals surface area contributed by atoms with E-state index in [1.54, 1.807) is 13.8 Å². The van der Waals surface area contributed by atoms with Crippen molar-refractivity contribution < 1.29 is 19.4 Å². The maximum Gasteiger partial charge on any atom is 0.328 e. The molecular weight excluding hydrogens is 320 g/mol. The zero-order valence-corrected chi connectivity index (χ0v) is 15.1. The summed E-state index contributed by atoms with van der Waals surface area (Å²) in [7, 11) is 1.27. The summed E-state index contributed by atoms with van der Waals surface area (Å²) in [5.74, 6) is -0.769. The number of aliphatic hydroxyl groups excluding tert-OH is 1. The van der Waals surface area contributed by atoms with Crippen molar-refractivity contribution in [3.63, 3.8) is 0 Å². The standard InChI is InChI=1S/C16H30N2O4.ClH/c1-10(2)13(16(21)22-3)18-15(20)14(19)12(17)9-11-7-5-4-6-8-11;/h10-14,19H,4-9,17H2,1-3H3,(H,18,20);1H/t12-,13?,14?;/m1./s1. The molecular formula is C16H31ClN2O4. The van der Waals surface area contributed by atoms with Crippen LogP contribution in [0.2, 0.25) is 0 Å². The number of hydrogen-bond donors (Lipinski definition) is 3. The molecule has 1 aliphatic rings. The minimum absolute atomic E-state index is 0. The number of esters is 1. The van der Waals surface area contributed by atoms with Gasteiger partial charge in [0.15, 0.2) is 0 Å². The molecule has 136 valence electrons. The molecule has 0 aromatic rings. The number of carbonyl (C=O) groups is 2. The molecule has 1 aliphatic carbocycles. The minimum Gasteiger partial charge on any atom is -0.467 e. The predicted molar refractivity (Wildman–Crippen MR) is 91.2 cm³/mol. The largest absolute Gasteiger partial charge is 0.467 e. The first kappa shape index (κ1) is 22.1. The molecule has 0 radical (unpaired) electrons. The zero-order chi connectivity index (χ0) is 16.7. The number of nitrogens with two attached hydrogens (primary N) is 1. The van der Waals surface area contributed by atoms with Crippen LogP contribution in [-0.4, -0.2) is 42.3 Å². The summed E-state index contributed by atoms with van der Waals surface area (Å²) in [6.07, 6.45) is 5.20. The summed E-state index contributed by atoms with van der Waals surface area (Å²) in [4.78, 5) is 23.8. The van der Waals surface area contributed by atoms with E-state index in [2.05, 4.69) is 10.1 Å². The van der Waals surface area contributed by atoms with Gasteiger partial charge in [0.25, 0.3) is 5.91 Å². The van der Waals surface area contributed by atoms with Gasteiger partial charge in [-0.1, -0.05) is 46.0 Å². The third-order valence-corrected chi connectivity index (χ3v) is 4.42. The van der Waals surface area contributed by atoms with Gasteiger partial charge in [0.2, 0.25) is 0 Å². The lowest BCUT2D eigenvalue weighted by Gasteiger charge is -2.28. The van der Waals surface area contributed by atoms with Gasteiger partial charge >= 0.3 is 5.97 Å². The fourth-order valence-electron chi connectivity index (χ4n) is 2.99. The zero-order valence-electron chi connectivity index (χ0n) is 14.3. The molecule has 0 saturated heterocycles. The lowest BCUT2D eigenvalue weighted by molar-refractivity contribution is -0.147. The maximum absolute atomic E-state index is 12.1. The summed E-state index contributed by atoms with van der Waals surface area (Å²) in [5, 5.41) is 12.7. The number of rotatable bonds is 7. The van der Waals surface area contributed by atoms with Crippen LogP contribution in [0, 0.1) is 11.8 Å². The van der Waals surface area contributed by atoms with Crippen molar-refractivity contribution in [3.8, 4) is 0 Å². The number of aliphatic hydroxyl groups is 1. The van der Waals surface area contributed by atoms with E-state index in [4.69, 9.17) is 5.73 Å². The minimum atomic E-state index is -1.30. The van der Waals surface area contributed by atoms with Gasteiger partial charge in [-0.25, -0.2) is 4.79 Å². The summed E-state index contributed by atoms with van der Waals surface area (Å²) in [6, 6.07) is -1.37. The summed E-state index contributed by atoms with van der Waals surface area (Å²) in [5.41, 5.74) is 5.98. The number of methoxy groups -OCH3 is 1. The quantitative estimate of drug-likeness (QED) is 0.602. The Labute approximate surface area is 144 Å². The number of halogens is 1. The highest BCUT2D eigenvalue weighted by atomic mass is 35.5. The van der Waals surface area contributed by atoms with Crippen LogP contribution >= 0.6 is 12.4 Å². The van der Waals surface area contributed by atoms with E-state index in [9.17, 15) is 14.7 Å². The SMILES string of the molecule is COC(=O)C(NC(=O)C(O)[C@H](N)CC1CCCCC1)C(C)C.Cl. The van der Waals surface area contributed by atoms with Gasteiger partial charge in [-0.2, -0.15) is 0 Å². The van der Waals surface area contributed by atoms with Crippen molar-refractivity contribution in [3.05, 3.63) is 0 Å². The monoisotopic (exact) mass is 350 g/mol. The van der Waals surface area contributed by atoms with Crippen molar-refractivity contribution in [1.29, 1.82) is 0 Å². The Hall–Kier alpha value is -0.850. The van der Waals surface area contributed by atoms with Crippen LogP contribution in [0.5, 0.6) is 0 Å². The second-order valence-electron chi connectivity index (χ2n) is 6.60. The highest BCUT2D eigenvalue weighted by molar-refractivity contribution is 5.87. The smallest absolute Gasteiger partial charge is 0.328 e. The van der Waals surface area contributed by atoms with Crippen LogP contribution in [-0.2, 0) is 14.3 Å². The molecule has 0 bridgehead atoms. The van der Waals surface area contributed by atoms with E-state index in [1.165, 1.54) is 26.4 Å². The Morgan fingerprint density at radius 1 is 1.26 bits per heavy atom. The number of ether oxygens (including phenoxy) is 1. The Balaban J connectivity index is 0.00000484. The van der Waals surface area contributed by atoms with Crippen molar-refractivity contribution in [2.75, 3.05) is 7.11 Å². The maximum atomic E-state index is 12.1. The normalized spacial score (nSPS) is 19.4. The van der Waals surface area contributed by atoms with Crippen LogP contribution in [0.1, 0.15) is 52.4 Å². The van der Waals surface area contributed by atoms with Crippen molar-refractivity contribution in [2.45, 2.75) is 70.6 Å². The van der Waals surface area contributed by atoms with Crippen LogP contribution in [0.3, 0.4) is 0 Å². The molecule has 0 spiro atoms. The number of hydrogen-bond acceptors (Lipinski definition) is 5. The number of nitrogens with one attached hydrogen (secondary N) is 1. The molecule has 1 saturated carbocycles. The Kier molecular flexibility index (Phi) is 10.4. The first-order valence-electron chi connectivity index (χ1n) is 8.18. The molecule has 1 amide bonds. The third-order valence-electron chi connectivity index (χ3n) is 4.42. The van der Waals surface area contributed by atoms with Gasteiger partial charge in [-0.15, -0.1) is 12.4 Å². The van der Waals surface area contributed by atoms with E-state index in [0.717, 1.165) is 12.8 Å². The molecule has 6 nitrogen and oxygen atoms in total. The molecule has 0 aliphatic heterocycles.